The van der Waals surface area contributed by atoms with E-state index in [1.54, 1.807) is 0 Å². The minimum absolute atomic E-state index is 0. The van der Waals surface area contributed by atoms with Gasteiger partial charge in [-0.1, -0.05) is 36.4 Å². The summed E-state index contributed by atoms with van der Waals surface area (Å²) in [6.45, 7) is 0. The monoisotopic (exact) mass is 200 g/mol. The van der Waals surface area contributed by atoms with Crippen LogP contribution in [0.3, 0.4) is 0 Å². The molecule has 2 N–H and O–H groups in total. The predicted octanol–water partition coefficient (Wildman–Crippen LogP) is 1.25. The van der Waals surface area contributed by atoms with Crippen molar-refractivity contribution in [3.63, 3.8) is 0 Å². The topological polar surface area (TPSA) is 53.4 Å². The molecule has 75 valence electrons. The highest BCUT2D eigenvalue weighted by Gasteiger charge is 1.93. The average Bonchev–Trinajstić information content (AvgIpc) is 2.32. The van der Waals surface area contributed by atoms with Crippen LogP contribution in [0.25, 0.3) is 11.3 Å². The molecule has 3 nitrogen and oxygen atoms in total. The second-order valence-corrected chi connectivity index (χ2v) is 2.70. The Kier molecular flexibility index (Phi) is 5.15. The lowest BCUT2D eigenvalue weighted by Crippen LogP contribution is -1.79. The molecule has 0 aliphatic carbocycles. The minimum Gasteiger partial charge on any atom is -0.429 e. The second-order valence-electron chi connectivity index (χ2n) is 2.70. The molecule has 15 heavy (non-hydrogen) atoms. The van der Waals surface area contributed by atoms with Crippen LogP contribution in [0.2, 0.25) is 0 Å². The third-order valence-corrected chi connectivity index (χ3v) is 1.73. The SMILES string of the molecule is O[B]O.c1ccc(-c2ccccn2)cc1. The van der Waals surface area contributed by atoms with E-state index in [1.807, 2.05) is 42.6 Å². The number of aromatic nitrogens is 1. The average molecular weight is 200 g/mol. The molecule has 0 saturated heterocycles. The zero-order valence-corrected chi connectivity index (χ0v) is 8.12. The fourth-order valence-electron chi connectivity index (χ4n) is 1.14. The molecule has 4 heteroatoms. The first-order chi connectivity index (χ1) is 7.38. The van der Waals surface area contributed by atoms with Crippen molar-refractivity contribution in [2.45, 2.75) is 0 Å². The van der Waals surface area contributed by atoms with Crippen molar-refractivity contribution in [2.24, 2.45) is 0 Å². The van der Waals surface area contributed by atoms with Gasteiger partial charge in [-0.25, -0.2) is 0 Å². The van der Waals surface area contributed by atoms with Gasteiger partial charge in [-0.15, -0.1) is 0 Å². The summed E-state index contributed by atoms with van der Waals surface area (Å²) in [6, 6.07) is 16.1. The van der Waals surface area contributed by atoms with Crippen LogP contribution < -0.4 is 0 Å². The Balaban J connectivity index is 0.000000337. The van der Waals surface area contributed by atoms with Gasteiger partial charge in [-0.05, 0) is 12.1 Å². The maximum absolute atomic E-state index is 7.00. The smallest absolute Gasteiger partial charge is 0.429 e. The fraction of sp³-hybridized carbons (Fsp3) is 0. The van der Waals surface area contributed by atoms with Gasteiger partial charge in [0.2, 0.25) is 0 Å². The zero-order chi connectivity index (χ0) is 10.9. The Morgan fingerprint density at radius 3 is 2.00 bits per heavy atom. The van der Waals surface area contributed by atoms with Crippen LogP contribution in [0.1, 0.15) is 0 Å². The number of pyridine rings is 1. The van der Waals surface area contributed by atoms with Gasteiger partial charge in [-0.3, -0.25) is 4.98 Å². The first-order valence-corrected chi connectivity index (χ1v) is 4.45. The first kappa shape index (κ1) is 11.4. The summed E-state index contributed by atoms with van der Waals surface area (Å²) in [4.78, 5) is 4.25. The molecule has 0 atom stereocenters. The van der Waals surface area contributed by atoms with Crippen LogP contribution in [0, 0.1) is 0 Å². The van der Waals surface area contributed by atoms with Crippen molar-refractivity contribution in [3.05, 3.63) is 54.7 Å². The van der Waals surface area contributed by atoms with Crippen molar-refractivity contribution < 1.29 is 10.0 Å². The van der Waals surface area contributed by atoms with Gasteiger partial charge in [0.1, 0.15) is 0 Å². The summed E-state index contributed by atoms with van der Waals surface area (Å²) in [5, 5.41) is 14.0. The van der Waals surface area contributed by atoms with Crippen molar-refractivity contribution in [1.29, 1.82) is 0 Å². The zero-order valence-electron chi connectivity index (χ0n) is 8.12. The van der Waals surface area contributed by atoms with E-state index in [2.05, 4.69) is 17.1 Å². The molecule has 1 aromatic heterocycles. The quantitative estimate of drug-likeness (QED) is 0.681. The molecular formula is C11H11BNO2. The van der Waals surface area contributed by atoms with Gasteiger partial charge in [0.25, 0.3) is 0 Å². The molecule has 0 aliphatic rings. The summed E-state index contributed by atoms with van der Waals surface area (Å²) >= 11 is 0. The Hall–Kier alpha value is -1.65. The van der Waals surface area contributed by atoms with E-state index in [0.29, 0.717) is 0 Å². The summed E-state index contributed by atoms with van der Waals surface area (Å²) < 4.78 is 0. The molecule has 0 spiro atoms. The fourth-order valence-corrected chi connectivity index (χ4v) is 1.14. The van der Waals surface area contributed by atoms with E-state index >= 15 is 0 Å². The predicted molar refractivity (Wildman–Crippen MR) is 59.9 cm³/mol. The van der Waals surface area contributed by atoms with E-state index in [-0.39, 0.29) is 7.69 Å². The van der Waals surface area contributed by atoms with E-state index in [4.69, 9.17) is 10.0 Å². The number of hydrogen-bond donors (Lipinski definition) is 2. The van der Waals surface area contributed by atoms with Crippen LogP contribution in [0.15, 0.2) is 54.7 Å². The molecule has 1 radical (unpaired) electrons. The summed E-state index contributed by atoms with van der Waals surface area (Å²) in [5.74, 6) is 0. The van der Waals surface area contributed by atoms with Gasteiger partial charge in [0, 0.05) is 11.8 Å². The van der Waals surface area contributed by atoms with Crippen LogP contribution >= 0.6 is 0 Å². The van der Waals surface area contributed by atoms with Crippen molar-refractivity contribution in [2.75, 3.05) is 0 Å². The first-order valence-electron chi connectivity index (χ1n) is 4.45. The maximum atomic E-state index is 7.00. The van der Waals surface area contributed by atoms with Crippen molar-refractivity contribution in [3.8, 4) is 11.3 Å². The van der Waals surface area contributed by atoms with E-state index in [1.165, 1.54) is 0 Å². The normalized spacial score (nSPS) is 8.67. The Bertz CT molecular complexity index is 329. The Morgan fingerprint density at radius 1 is 0.867 bits per heavy atom. The van der Waals surface area contributed by atoms with Crippen LogP contribution in [0.5, 0.6) is 0 Å². The summed E-state index contributed by atoms with van der Waals surface area (Å²) in [5.41, 5.74) is 2.19. The molecule has 0 bridgehead atoms. The number of benzene rings is 1. The van der Waals surface area contributed by atoms with Gasteiger partial charge in [0.15, 0.2) is 0 Å². The lowest BCUT2D eigenvalue weighted by atomic mass is 10.1. The molecule has 0 saturated carbocycles. The highest BCUT2D eigenvalue weighted by atomic mass is 16.4. The molecule has 0 amide bonds. The van der Waals surface area contributed by atoms with Gasteiger partial charge < -0.3 is 10.0 Å². The largest absolute Gasteiger partial charge is 0.482 e. The van der Waals surface area contributed by atoms with Crippen LogP contribution in [-0.4, -0.2) is 22.7 Å². The molecule has 1 heterocycles. The standard InChI is InChI=1S/C11H9N.BH2O2/c1-2-6-10(7-3-1)11-8-4-5-9-12-11;2-1-3/h1-9H;2-3H. The minimum atomic E-state index is 0. The van der Waals surface area contributed by atoms with E-state index in [9.17, 15) is 0 Å². The van der Waals surface area contributed by atoms with Gasteiger partial charge >= 0.3 is 7.69 Å². The van der Waals surface area contributed by atoms with Gasteiger partial charge in [-0.2, -0.15) is 0 Å². The summed E-state index contributed by atoms with van der Waals surface area (Å²) in [6.07, 6.45) is 1.81. The second kappa shape index (κ2) is 6.76. The maximum Gasteiger partial charge on any atom is 0.482 e. The molecule has 0 aliphatic heterocycles. The van der Waals surface area contributed by atoms with Gasteiger partial charge in [0.05, 0.1) is 5.69 Å². The van der Waals surface area contributed by atoms with Crippen LogP contribution in [0.4, 0.5) is 0 Å². The highest BCUT2D eigenvalue weighted by molar-refractivity contribution is 6.13. The lowest BCUT2D eigenvalue weighted by molar-refractivity contribution is 0.448. The van der Waals surface area contributed by atoms with E-state index in [0.717, 1.165) is 11.3 Å². The molecular weight excluding hydrogens is 189 g/mol. The van der Waals surface area contributed by atoms with E-state index < -0.39 is 0 Å². The van der Waals surface area contributed by atoms with Crippen LogP contribution in [-0.2, 0) is 0 Å². The Morgan fingerprint density at radius 2 is 1.47 bits per heavy atom. The molecule has 0 unspecified atom stereocenters. The third kappa shape index (κ3) is 3.93. The molecule has 0 fully saturated rings. The molecule has 1 aromatic carbocycles. The summed E-state index contributed by atoms with van der Waals surface area (Å²) in [7, 11) is 0. The lowest BCUT2D eigenvalue weighted by Gasteiger charge is -1.97. The van der Waals surface area contributed by atoms with Crippen molar-refractivity contribution >= 4 is 7.69 Å². The third-order valence-electron chi connectivity index (χ3n) is 1.73. The number of rotatable bonds is 1. The molecule has 2 rings (SSSR count). The molecule has 2 aromatic rings. The highest BCUT2D eigenvalue weighted by Crippen LogP contribution is 2.14. The number of hydrogen-bond acceptors (Lipinski definition) is 3. The Labute approximate surface area is 89.4 Å². The number of nitrogens with zero attached hydrogens (tertiary/aromatic N) is 1. The van der Waals surface area contributed by atoms with Crippen molar-refractivity contribution in [1.82, 2.24) is 4.98 Å².